The average molecular weight is 364 g/mol. The summed E-state index contributed by atoms with van der Waals surface area (Å²) in [5.74, 6) is 0.141. The highest BCUT2D eigenvalue weighted by atomic mass is 35.5. The molecule has 0 radical (unpaired) electrons. The summed E-state index contributed by atoms with van der Waals surface area (Å²) in [5, 5.41) is 12.7. The first kappa shape index (κ1) is 19.8. The lowest BCUT2D eigenvalue weighted by Crippen LogP contribution is -2.37. The van der Waals surface area contributed by atoms with Crippen LogP contribution in [-0.2, 0) is 0 Å². The minimum atomic E-state index is -0.251. The normalized spacial score (nSPS) is 20.9. The Labute approximate surface area is 147 Å². The van der Waals surface area contributed by atoms with Gasteiger partial charge in [-0.3, -0.25) is 9.69 Å². The number of nitrogens with one attached hydrogen (secondary N) is 1. The predicted molar refractivity (Wildman–Crippen MR) is 93.7 cm³/mol. The van der Waals surface area contributed by atoms with Gasteiger partial charge in [-0.15, -0.1) is 12.4 Å². The standard InChI is InChI=1S/C15H22ClN3O3.ClH/c1-3-19-7-9(4-10(19)8-20)18-15(21)11-5-12(16)13(17)6-14(11)22-2;/h5-6,9-10,20H,3-4,7-8,17H2,1-2H3,(H,18,21);1H. The summed E-state index contributed by atoms with van der Waals surface area (Å²) in [4.78, 5) is 14.6. The maximum Gasteiger partial charge on any atom is 0.255 e. The summed E-state index contributed by atoms with van der Waals surface area (Å²) in [6.45, 7) is 3.69. The van der Waals surface area contributed by atoms with Gasteiger partial charge in [0.05, 0.1) is 30.0 Å². The van der Waals surface area contributed by atoms with Crippen molar-refractivity contribution in [1.29, 1.82) is 0 Å². The summed E-state index contributed by atoms with van der Waals surface area (Å²) in [5.41, 5.74) is 6.45. The number of methoxy groups -OCH3 is 1. The number of hydrogen-bond donors (Lipinski definition) is 3. The molecule has 1 aliphatic rings. The number of hydrogen-bond acceptors (Lipinski definition) is 5. The van der Waals surface area contributed by atoms with Crippen molar-refractivity contribution in [2.24, 2.45) is 0 Å². The molecule has 23 heavy (non-hydrogen) atoms. The highest BCUT2D eigenvalue weighted by molar-refractivity contribution is 6.33. The van der Waals surface area contributed by atoms with Gasteiger partial charge in [0.15, 0.2) is 0 Å². The van der Waals surface area contributed by atoms with E-state index >= 15 is 0 Å². The predicted octanol–water partition coefficient (Wildman–Crippen LogP) is 1.54. The van der Waals surface area contributed by atoms with Crippen LogP contribution in [0.2, 0.25) is 5.02 Å². The Bertz CT molecular complexity index is 545. The molecule has 1 heterocycles. The van der Waals surface area contributed by atoms with E-state index in [4.69, 9.17) is 22.1 Å². The topological polar surface area (TPSA) is 87.8 Å². The van der Waals surface area contributed by atoms with Crippen molar-refractivity contribution in [3.05, 3.63) is 22.7 Å². The molecule has 2 unspecified atom stereocenters. The molecule has 0 aliphatic carbocycles. The first-order valence-electron chi connectivity index (χ1n) is 7.28. The Morgan fingerprint density at radius 1 is 1.57 bits per heavy atom. The second-order valence-corrected chi connectivity index (χ2v) is 5.81. The van der Waals surface area contributed by atoms with E-state index in [1.165, 1.54) is 13.2 Å². The number of benzene rings is 1. The Morgan fingerprint density at radius 2 is 2.26 bits per heavy atom. The van der Waals surface area contributed by atoms with Gasteiger partial charge in [0, 0.05) is 24.7 Å². The third-order valence-corrected chi connectivity index (χ3v) is 4.37. The van der Waals surface area contributed by atoms with E-state index in [1.54, 1.807) is 6.07 Å². The molecule has 0 spiro atoms. The maximum atomic E-state index is 12.5. The number of anilines is 1. The summed E-state index contributed by atoms with van der Waals surface area (Å²) >= 11 is 5.99. The second kappa shape index (κ2) is 8.59. The highest BCUT2D eigenvalue weighted by Gasteiger charge is 2.32. The van der Waals surface area contributed by atoms with E-state index in [-0.39, 0.29) is 37.0 Å². The van der Waals surface area contributed by atoms with Crippen molar-refractivity contribution in [3.63, 3.8) is 0 Å². The van der Waals surface area contributed by atoms with Crippen molar-refractivity contribution in [3.8, 4) is 5.75 Å². The van der Waals surface area contributed by atoms with Gasteiger partial charge in [-0.2, -0.15) is 0 Å². The van der Waals surface area contributed by atoms with Crippen molar-refractivity contribution >= 4 is 35.6 Å². The van der Waals surface area contributed by atoms with Crippen molar-refractivity contribution in [2.45, 2.75) is 25.4 Å². The lowest BCUT2D eigenvalue weighted by Gasteiger charge is -2.19. The monoisotopic (exact) mass is 363 g/mol. The molecule has 8 heteroatoms. The summed E-state index contributed by atoms with van der Waals surface area (Å²) < 4.78 is 5.20. The number of likely N-dealkylation sites (tertiary alicyclic amines) is 1. The molecule has 1 aromatic carbocycles. The molecule has 1 fully saturated rings. The van der Waals surface area contributed by atoms with Crippen LogP contribution in [0.3, 0.4) is 0 Å². The molecular formula is C15H23Cl2N3O3. The molecule has 130 valence electrons. The number of nitrogens with zero attached hydrogens (tertiary/aromatic N) is 1. The molecular weight excluding hydrogens is 341 g/mol. The van der Waals surface area contributed by atoms with Gasteiger partial charge in [-0.1, -0.05) is 18.5 Å². The van der Waals surface area contributed by atoms with Gasteiger partial charge in [0.25, 0.3) is 5.91 Å². The van der Waals surface area contributed by atoms with E-state index in [1.807, 2.05) is 6.92 Å². The Hall–Kier alpha value is -1.21. The first-order chi connectivity index (χ1) is 10.5. The number of rotatable bonds is 5. The molecule has 2 rings (SSSR count). The van der Waals surface area contributed by atoms with Crippen LogP contribution in [0.4, 0.5) is 5.69 Å². The molecule has 0 saturated carbocycles. The smallest absolute Gasteiger partial charge is 0.255 e. The largest absolute Gasteiger partial charge is 0.496 e. The van der Waals surface area contributed by atoms with Gasteiger partial charge < -0.3 is 20.9 Å². The number of amides is 1. The summed E-state index contributed by atoms with van der Waals surface area (Å²) in [6.07, 6.45) is 0.723. The van der Waals surface area contributed by atoms with Gasteiger partial charge in [-0.25, -0.2) is 0 Å². The van der Waals surface area contributed by atoms with E-state index < -0.39 is 0 Å². The van der Waals surface area contributed by atoms with Crippen molar-refractivity contribution in [2.75, 3.05) is 32.5 Å². The number of carbonyl (C=O) groups is 1. The summed E-state index contributed by atoms with van der Waals surface area (Å²) in [6, 6.07) is 3.14. The number of ether oxygens (including phenoxy) is 1. The fraction of sp³-hybridized carbons (Fsp3) is 0.533. The van der Waals surface area contributed by atoms with Crippen LogP contribution < -0.4 is 15.8 Å². The van der Waals surface area contributed by atoms with E-state index in [9.17, 15) is 9.90 Å². The van der Waals surface area contributed by atoms with E-state index in [2.05, 4.69) is 10.2 Å². The third kappa shape index (κ3) is 4.41. The van der Waals surface area contributed by atoms with Crippen molar-refractivity contribution < 1.29 is 14.6 Å². The molecule has 6 nitrogen and oxygen atoms in total. The molecule has 4 N–H and O–H groups in total. The second-order valence-electron chi connectivity index (χ2n) is 5.40. The van der Waals surface area contributed by atoms with E-state index in [0.29, 0.717) is 22.0 Å². The number of aliphatic hydroxyl groups is 1. The Balaban J connectivity index is 0.00000264. The highest BCUT2D eigenvalue weighted by Crippen LogP contribution is 2.29. The minimum absolute atomic E-state index is 0. The zero-order chi connectivity index (χ0) is 16.3. The molecule has 0 aromatic heterocycles. The molecule has 2 atom stereocenters. The quantitative estimate of drug-likeness (QED) is 0.690. The van der Waals surface area contributed by atoms with Crippen LogP contribution in [0.25, 0.3) is 0 Å². The van der Waals surface area contributed by atoms with Crippen LogP contribution >= 0.6 is 24.0 Å². The van der Waals surface area contributed by atoms with Gasteiger partial charge in [-0.05, 0) is 19.0 Å². The van der Waals surface area contributed by atoms with Crippen LogP contribution in [0.15, 0.2) is 12.1 Å². The molecule has 0 bridgehead atoms. The number of carbonyl (C=O) groups excluding carboxylic acids is 1. The zero-order valence-electron chi connectivity index (χ0n) is 13.2. The number of likely N-dealkylation sites (N-methyl/N-ethyl adjacent to an activating group) is 1. The number of aliphatic hydroxyl groups excluding tert-OH is 1. The Morgan fingerprint density at radius 3 is 2.78 bits per heavy atom. The SMILES string of the molecule is CCN1CC(NC(=O)c2cc(Cl)c(N)cc2OC)CC1CO.Cl. The number of nitrogens with two attached hydrogens (primary N) is 1. The minimum Gasteiger partial charge on any atom is -0.496 e. The van der Waals surface area contributed by atoms with Gasteiger partial charge in [0.1, 0.15) is 5.75 Å². The zero-order valence-corrected chi connectivity index (χ0v) is 14.8. The maximum absolute atomic E-state index is 12.5. The van der Waals surface area contributed by atoms with Gasteiger partial charge in [0.2, 0.25) is 0 Å². The van der Waals surface area contributed by atoms with E-state index in [0.717, 1.165) is 19.5 Å². The lowest BCUT2D eigenvalue weighted by atomic mass is 10.1. The van der Waals surface area contributed by atoms with Crippen molar-refractivity contribution in [1.82, 2.24) is 10.2 Å². The summed E-state index contributed by atoms with van der Waals surface area (Å²) in [7, 11) is 1.48. The van der Waals surface area contributed by atoms with Crippen LogP contribution in [0, 0.1) is 0 Å². The third-order valence-electron chi connectivity index (χ3n) is 4.04. The molecule has 1 saturated heterocycles. The molecule has 1 aliphatic heterocycles. The first-order valence-corrected chi connectivity index (χ1v) is 7.66. The van der Waals surface area contributed by atoms with Crippen LogP contribution in [0.5, 0.6) is 5.75 Å². The lowest BCUT2D eigenvalue weighted by molar-refractivity contribution is 0.0935. The number of nitrogen functional groups attached to an aromatic ring is 1. The van der Waals surface area contributed by atoms with Crippen LogP contribution in [-0.4, -0.2) is 54.8 Å². The van der Waals surface area contributed by atoms with Gasteiger partial charge >= 0.3 is 0 Å². The fourth-order valence-electron chi connectivity index (χ4n) is 2.84. The molecule has 1 aromatic rings. The fourth-order valence-corrected chi connectivity index (χ4v) is 3.01. The van der Waals surface area contributed by atoms with Crippen LogP contribution in [0.1, 0.15) is 23.7 Å². The number of halogens is 2. The average Bonchev–Trinajstić information content (AvgIpc) is 2.91. The molecule has 1 amide bonds. The Kier molecular flexibility index (Phi) is 7.41.